The Kier molecular flexibility index (Phi) is 3.18. The number of Topliss-reactive ketones (excluding diaryl/α,β-unsaturated/α-hetero) is 1. The second-order valence-corrected chi connectivity index (χ2v) is 10.8. The van der Waals surface area contributed by atoms with E-state index in [0.29, 0.717) is 24.8 Å². The highest BCUT2D eigenvalue weighted by atomic mass is 16.6. The molecule has 4 aliphatic carbocycles. The molecule has 29 heavy (non-hydrogen) atoms. The van der Waals surface area contributed by atoms with Crippen LogP contribution in [0.2, 0.25) is 0 Å². The van der Waals surface area contributed by atoms with E-state index in [4.69, 9.17) is 4.74 Å². The minimum absolute atomic E-state index is 0.126. The van der Waals surface area contributed by atoms with E-state index in [-0.39, 0.29) is 23.6 Å². The Hall–Kier alpha value is -1.95. The molecular weight excluding hydrogens is 372 g/mol. The Morgan fingerprint density at radius 3 is 2.45 bits per heavy atom. The largest absolute Gasteiger partial charge is 0.504 e. The number of carboxylic acid groups (broad SMARTS) is 1. The van der Waals surface area contributed by atoms with Crippen LogP contribution < -0.4 is 0 Å². The van der Waals surface area contributed by atoms with Gasteiger partial charge in [0, 0.05) is 10.8 Å². The van der Waals surface area contributed by atoms with Crippen molar-refractivity contribution < 1.29 is 29.3 Å². The smallest absolute Gasteiger partial charge is 0.307 e. The quantitative estimate of drug-likeness (QED) is 0.655. The fourth-order valence-electron chi connectivity index (χ4n) is 8.18. The molecule has 5 rings (SSSR count). The summed E-state index contributed by atoms with van der Waals surface area (Å²) in [5.74, 6) is -2.44. The summed E-state index contributed by atoms with van der Waals surface area (Å²) in [7, 11) is 0. The van der Waals surface area contributed by atoms with Crippen molar-refractivity contribution >= 4 is 17.5 Å². The summed E-state index contributed by atoms with van der Waals surface area (Å²) >= 11 is 0. The van der Waals surface area contributed by atoms with E-state index < -0.39 is 44.9 Å². The van der Waals surface area contributed by atoms with Gasteiger partial charge in [0.15, 0.2) is 11.5 Å². The Labute approximate surface area is 170 Å². The lowest BCUT2D eigenvalue weighted by molar-refractivity contribution is -0.174. The maximum absolute atomic E-state index is 13.8. The molecule has 2 saturated carbocycles. The van der Waals surface area contributed by atoms with E-state index in [2.05, 4.69) is 0 Å². The third-order valence-electron chi connectivity index (χ3n) is 9.52. The molecule has 0 amide bonds. The molecule has 2 N–H and O–H groups in total. The van der Waals surface area contributed by atoms with Crippen LogP contribution in [0.4, 0.5) is 0 Å². The number of carboxylic acids is 1. The van der Waals surface area contributed by atoms with Crippen molar-refractivity contribution in [3.05, 3.63) is 23.5 Å². The van der Waals surface area contributed by atoms with Gasteiger partial charge in [0.2, 0.25) is 5.78 Å². The van der Waals surface area contributed by atoms with Gasteiger partial charge in [-0.1, -0.05) is 19.9 Å². The third kappa shape index (κ3) is 1.67. The first kappa shape index (κ1) is 19.0. The first-order chi connectivity index (χ1) is 13.3. The summed E-state index contributed by atoms with van der Waals surface area (Å²) in [6, 6.07) is 0. The number of carbonyl (C=O) groups excluding carboxylic acids is 2. The number of carbonyl (C=O) groups is 3. The Balaban J connectivity index is 1.76. The summed E-state index contributed by atoms with van der Waals surface area (Å²) in [6.07, 6.45) is 4.82. The Bertz CT molecular complexity index is 958. The van der Waals surface area contributed by atoms with E-state index in [1.54, 1.807) is 19.9 Å². The molecule has 3 fully saturated rings. The normalized spacial score (nSPS) is 51.8. The summed E-state index contributed by atoms with van der Waals surface area (Å²) in [5.41, 5.74) is -3.73. The van der Waals surface area contributed by atoms with Gasteiger partial charge >= 0.3 is 5.97 Å². The number of ether oxygens (including phenoxy) is 1. The average molecular weight is 400 g/mol. The van der Waals surface area contributed by atoms with E-state index in [0.717, 1.165) is 0 Å². The maximum Gasteiger partial charge on any atom is 0.307 e. The van der Waals surface area contributed by atoms with Crippen LogP contribution >= 0.6 is 0 Å². The predicted octanol–water partition coefficient (Wildman–Crippen LogP) is 3.22. The van der Waals surface area contributed by atoms with Crippen LogP contribution in [-0.4, -0.2) is 39.5 Å². The van der Waals surface area contributed by atoms with Gasteiger partial charge < -0.3 is 14.9 Å². The van der Waals surface area contributed by atoms with Crippen LogP contribution in [0.3, 0.4) is 0 Å². The molecule has 1 heterocycles. The molecule has 0 bridgehead atoms. The highest BCUT2D eigenvalue weighted by Gasteiger charge is 2.87. The molecular formula is C23H28O6. The zero-order chi connectivity index (χ0) is 21.4. The molecule has 7 atom stereocenters. The molecule has 0 aromatic heterocycles. The second-order valence-electron chi connectivity index (χ2n) is 10.8. The molecule has 0 aromatic carbocycles. The third-order valence-corrected chi connectivity index (χ3v) is 9.52. The molecule has 6 heteroatoms. The Morgan fingerprint density at radius 1 is 1.17 bits per heavy atom. The zero-order valence-electron chi connectivity index (χ0n) is 17.5. The van der Waals surface area contributed by atoms with Crippen molar-refractivity contribution in [2.45, 2.75) is 65.6 Å². The van der Waals surface area contributed by atoms with E-state index in [9.17, 15) is 24.6 Å². The number of aliphatic hydroxyl groups is 1. The molecule has 7 unspecified atom stereocenters. The summed E-state index contributed by atoms with van der Waals surface area (Å²) < 4.78 is 6.21. The van der Waals surface area contributed by atoms with Crippen molar-refractivity contribution in [1.29, 1.82) is 0 Å². The Morgan fingerprint density at radius 2 is 1.83 bits per heavy atom. The topological polar surface area (TPSA) is 104 Å². The first-order valence-electron chi connectivity index (χ1n) is 10.4. The van der Waals surface area contributed by atoms with Crippen LogP contribution in [0.1, 0.15) is 53.9 Å². The van der Waals surface area contributed by atoms with Crippen LogP contribution in [0.25, 0.3) is 0 Å². The lowest BCUT2D eigenvalue weighted by atomic mass is 9.39. The second kappa shape index (κ2) is 4.85. The van der Waals surface area contributed by atoms with Crippen molar-refractivity contribution in [3.63, 3.8) is 0 Å². The molecule has 1 aliphatic heterocycles. The molecule has 0 radical (unpaired) electrons. The molecule has 156 valence electrons. The molecule has 1 spiro atoms. The number of rotatable bonds is 1. The number of aliphatic carboxylic acids is 1. The molecule has 1 saturated heterocycles. The van der Waals surface area contributed by atoms with Gasteiger partial charge in [-0.15, -0.1) is 0 Å². The van der Waals surface area contributed by atoms with Crippen LogP contribution in [0, 0.1) is 33.5 Å². The van der Waals surface area contributed by atoms with Crippen LogP contribution in [0.15, 0.2) is 23.5 Å². The minimum Gasteiger partial charge on any atom is -0.504 e. The predicted molar refractivity (Wildman–Crippen MR) is 103 cm³/mol. The number of fused-ring (bicyclic) bond motifs is 3. The first-order valence-corrected chi connectivity index (χ1v) is 10.4. The van der Waals surface area contributed by atoms with Crippen LogP contribution in [0.5, 0.6) is 0 Å². The minimum atomic E-state index is -1.04. The fraction of sp³-hybridized carbons (Fsp3) is 0.696. The van der Waals surface area contributed by atoms with Crippen molar-refractivity contribution in [3.8, 4) is 0 Å². The van der Waals surface area contributed by atoms with Gasteiger partial charge in [0.1, 0.15) is 5.60 Å². The van der Waals surface area contributed by atoms with Crippen molar-refractivity contribution in [1.82, 2.24) is 0 Å². The number of hydrogen-bond donors (Lipinski definition) is 2. The van der Waals surface area contributed by atoms with Crippen molar-refractivity contribution in [2.24, 2.45) is 33.5 Å². The SMILES string of the molecule is CC1(C)C(=O)C=CC2(C)C1=C(O)C(=O)C1(C)C2CCC2(C)C(C(=O)O)CC3OC321. The molecule has 6 nitrogen and oxygen atoms in total. The molecule has 0 aromatic rings. The lowest BCUT2D eigenvalue weighted by Crippen LogP contribution is -2.67. The number of ketones is 2. The maximum atomic E-state index is 13.8. The highest BCUT2D eigenvalue weighted by Crippen LogP contribution is 2.79. The lowest BCUT2D eigenvalue weighted by Gasteiger charge is -2.62. The highest BCUT2D eigenvalue weighted by molar-refractivity contribution is 6.06. The van der Waals surface area contributed by atoms with E-state index in [1.807, 2.05) is 26.8 Å². The van der Waals surface area contributed by atoms with Gasteiger partial charge in [0.25, 0.3) is 0 Å². The summed E-state index contributed by atoms with van der Waals surface area (Å²) in [5, 5.41) is 21.0. The number of allylic oxidation sites excluding steroid dienone is 4. The summed E-state index contributed by atoms with van der Waals surface area (Å²) in [4.78, 5) is 38.4. The van der Waals surface area contributed by atoms with E-state index in [1.165, 1.54) is 0 Å². The van der Waals surface area contributed by atoms with Gasteiger partial charge in [-0.05, 0) is 57.6 Å². The van der Waals surface area contributed by atoms with Gasteiger partial charge in [-0.3, -0.25) is 14.4 Å². The average Bonchev–Trinajstić information content (AvgIpc) is 3.30. The van der Waals surface area contributed by atoms with Gasteiger partial charge in [-0.2, -0.15) is 0 Å². The van der Waals surface area contributed by atoms with Crippen LogP contribution in [-0.2, 0) is 19.1 Å². The van der Waals surface area contributed by atoms with Crippen molar-refractivity contribution in [2.75, 3.05) is 0 Å². The summed E-state index contributed by atoms with van der Waals surface area (Å²) in [6.45, 7) is 9.32. The number of epoxide rings is 1. The molecule has 5 aliphatic rings. The van der Waals surface area contributed by atoms with E-state index >= 15 is 0 Å². The van der Waals surface area contributed by atoms with Gasteiger partial charge in [0.05, 0.1) is 22.9 Å². The number of aliphatic hydroxyl groups excluding tert-OH is 1. The zero-order valence-corrected chi connectivity index (χ0v) is 17.5. The number of hydrogen-bond acceptors (Lipinski definition) is 5. The fourth-order valence-corrected chi connectivity index (χ4v) is 8.18. The van der Waals surface area contributed by atoms with Gasteiger partial charge in [-0.25, -0.2) is 0 Å². The monoisotopic (exact) mass is 400 g/mol. The standard InChI is InChI=1S/C23H28O6/c1-19(2)13(24)7-8-20(3)12-6-9-21(4)11(18(27)28)10-14-23(21,29-14)22(12,5)17(26)15(25)16(19)20/h7-8,11-12,14,25H,6,9-10H2,1-5H3,(H,27,28).